The number of piperidine rings is 1. The van der Waals surface area contributed by atoms with Crippen molar-refractivity contribution in [2.24, 2.45) is 5.92 Å². The molecule has 1 atom stereocenters. The largest absolute Gasteiger partial charge is 0.480 e. The molecule has 94 valence electrons. The molecular formula is C12H24N2O2. The van der Waals surface area contributed by atoms with Crippen LogP contribution in [0.2, 0.25) is 0 Å². The van der Waals surface area contributed by atoms with Gasteiger partial charge in [0.05, 0.1) is 0 Å². The number of carboxylic acid groups (broad SMARTS) is 1. The topological polar surface area (TPSA) is 52.6 Å². The zero-order chi connectivity index (χ0) is 12.2. The van der Waals surface area contributed by atoms with Gasteiger partial charge in [-0.1, -0.05) is 13.3 Å². The molecule has 0 aromatic heterocycles. The highest BCUT2D eigenvalue weighted by Crippen LogP contribution is 2.21. The Labute approximate surface area is 98.0 Å². The zero-order valence-electron chi connectivity index (χ0n) is 10.6. The number of aliphatic carboxylic acids is 1. The molecule has 2 N–H and O–H groups in total. The van der Waals surface area contributed by atoms with Crippen LogP contribution >= 0.6 is 0 Å². The zero-order valence-corrected chi connectivity index (χ0v) is 10.6. The fourth-order valence-electron chi connectivity index (χ4n) is 2.25. The smallest absolute Gasteiger partial charge is 0.324 e. The van der Waals surface area contributed by atoms with Crippen LogP contribution in [0.25, 0.3) is 0 Å². The molecule has 4 heteroatoms. The normalized spacial score (nSPS) is 22.9. The second kappa shape index (κ2) is 5.64. The first kappa shape index (κ1) is 13.5. The van der Waals surface area contributed by atoms with Crippen LogP contribution in [-0.4, -0.2) is 48.2 Å². The summed E-state index contributed by atoms with van der Waals surface area (Å²) < 4.78 is 0. The van der Waals surface area contributed by atoms with E-state index in [2.05, 4.69) is 17.1 Å². The maximum Gasteiger partial charge on any atom is 0.324 e. The van der Waals surface area contributed by atoms with Crippen LogP contribution < -0.4 is 5.32 Å². The minimum atomic E-state index is -0.820. The summed E-state index contributed by atoms with van der Waals surface area (Å²) >= 11 is 0. The molecule has 1 fully saturated rings. The van der Waals surface area contributed by atoms with Gasteiger partial charge in [0.15, 0.2) is 0 Å². The molecule has 0 aliphatic carbocycles. The average molecular weight is 228 g/mol. The molecule has 1 aliphatic heterocycles. The highest BCUT2D eigenvalue weighted by atomic mass is 16.4. The summed E-state index contributed by atoms with van der Waals surface area (Å²) in [7, 11) is 1.72. The van der Waals surface area contributed by atoms with E-state index < -0.39 is 11.5 Å². The molecule has 0 radical (unpaired) electrons. The van der Waals surface area contributed by atoms with E-state index in [1.807, 2.05) is 0 Å². The van der Waals surface area contributed by atoms with E-state index in [-0.39, 0.29) is 0 Å². The van der Waals surface area contributed by atoms with Gasteiger partial charge in [0.2, 0.25) is 0 Å². The lowest BCUT2D eigenvalue weighted by Gasteiger charge is -2.36. The van der Waals surface area contributed by atoms with Crippen molar-refractivity contribution in [3.8, 4) is 0 Å². The first-order valence-corrected chi connectivity index (χ1v) is 6.16. The van der Waals surface area contributed by atoms with Gasteiger partial charge in [0.1, 0.15) is 5.54 Å². The van der Waals surface area contributed by atoms with Gasteiger partial charge in [-0.3, -0.25) is 4.79 Å². The first-order chi connectivity index (χ1) is 7.51. The second-order valence-corrected chi connectivity index (χ2v) is 5.02. The van der Waals surface area contributed by atoms with Gasteiger partial charge in [-0.15, -0.1) is 0 Å². The monoisotopic (exact) mass is 228 g/mol. The Morgan fingerprint density at radius 1 is 1.50 bits per heavy atom. The van der Waals surface area contributed by atoms with Crippen molar-refractivity contribution >= 4 is 5.97 Å². The first-order valence-electron chi connectivity index (χ1n) is 6.16. The molecule has 1 unspecified atom stereocenters. The van der Waals surface area contributed by atoms with E-state index in [1.54, 1.807) is 14.0 Å². The van der Waals surface area contributed by atoms with Crippen molar-refractivity contribution in [1.29, 1.82) is 0 Å². The molecule has 0 aromatic carbocycles. The Morgan fingerprint density at radius 3 is 2.44 bits per heavy atom. The van der Waals surface area contributed by atoms with Crippen LogP contribution in [0.4, 0.5) is 0 Å². The maximum absolute atomic E-state index is 11.2. The van der Waals surface area contributed by atoms with E-state index in [0.29, 0.717) is 6.54 Å². The number of carboxylic acids is 1. The van der Waals surface area contributed by atoms with Gasteiger partial charge in [-0.2, -0.15) is 0 Å². The summed E-state index contributed by atoms with van der Waals surface area (Å²) in [5, 5.41) is 12.1. The van der Waals surface area contributed by atoms with Gasteiger partial charge < -0.3 is 15.3 Å². The maximum atomic E-state index is 11.2. The highest BCUT2D eigenvalue weighted by molar-refractivity contribution is 5.78. The van der Waals surface area contributed by atoms with Gasteiger partial charge in [0, 0.05) is 6.54 Å². The number of nitrogens with one attached hydrogen (secondary N) is 1. The lowest BCUT2D eigenvalue weighted by atomic mass is 9.93. The predicted molar refractivity (Wildman–Crippen MR) is 64.6 cm³/mol. The van der Waals surface area contributed by atoms with Crippen LogP contribution in [0, 0.1) is 5.92 Å². The molecule has 1 aliphatic rings. The highest BCUT2D eigenvalue weighted by Gasteiger charge is 2.34. The molecule has 0 bridgehead atoms. The number of likely N-dealkylation sites (N-methyl/N-ethyl adjacent to an activating group) is 1. The van der Waals surface area contributed by atoms with Crippen molar-refractivity contribution in [2.45, 2.75) is 38.6 Å². The number of hydrogen-bond donors (Lipinski definition) is 2. The molecular weight excluding hydrogens is 204 g/mol. The van der Waals surface area contributed by atoms with Gasteiger partial charge in [-0.25, -0.2) is 0 Å². The summed E-state index contributed by atoms with van der Waals surface area (Å²) in [6.45, 7) is 6.64. The number of carbonyl (C=O) groups is 1. The van der Waals surface area contributed by atoms with Crippen molar-refractivity contribution in [1.82, 2.24) is 10.2 Å². The van der Waals surface area contributed by atoms with Crippen molar-refractivity contribution < 1.29 is 9.90 Å². The summed E-state index contributed by atoms with van der Waals surface area (Å²) in [5.74, 6) is 0.0644. The Morgan fingerprint density at radius 2 is 2.06 bits per heavy atom. The number of nitrogens with zero attached hydrogens (tertiary/aromatic N) is 1. The van der Waals surface area contributed by atoms with Gasteiger partial charge >= 0.3 is 5.97 Å². The quantitative estimate of drug-likeness (QED) is 0.741. The van der Waals surface area contributed by atoms with Crippen LogP contribution in [0.15, 0.2) is 0 Å². The van der Waals surface area contributed by atoms with Crippen LogP contribution in [0.3, 0.4) is 0 Å². The number of hydrogen-bond acceptors (Lipinski definition) is 3. The van der Waals surface area contributed by atoms with E-state index in [0.717, 1.165) is 19.0 Å². The van der Waals surface area contributed by atoms with Crippen molar-refractivity contribution in [3.05, 3.63) is 0 Å². The average Bonchev–Trinajstić information content (AvgIpc) is 2.29. The van der Waals surface area contributed by atoms with E-state index in [4.69, 9.17) is 0 Å². The minimum absolute atomic E-state index is 0.593. The fourth-order valence-corrected chi connectivity index (χ4v) is 2.25. The summed E-state index contributed by atoms with van der Waals surface area (Å²) in [4.78, 5) is 13.4. The summed E-state index contributed by atoms with van der Waals surface area (Å²) in [5.41, 5.74) is -0.820. The summed E-state index contributed by atoms with van der Waals surface area (Å²) in [6.07, 6.45) is 3.65. The predicted octanol–water partition coefficient (Wildman–Crippen LogP) is 1.17. The Kier molecular flexibility index (Phi) is 4.74. The van der Waals surface area contributed by atoms with Gasteiger partial charge in [0.25, 0.3) is 0 Å². The minimum Gasteiger partial charge on any atom is -0.480 e. The fraction of sp³-hybridized carbons (Fsp3) is 0.917. The third kappa shape index (κ3) is 3.19. The standard InChI is InChI=1S/C12H24N2O2/c1-4-10-5-7-14(8-6-10)9-12(2,13-3)11(15)16/h10,13H,4-9H2,1-3H3,(H,15,16). The Balaban J connectivity index is 2.46. The van der Waals surface area contributed by atoms with E-state index in [9.17, 15) is 9.90 Å². The SMILES string of the molecule is CCC1CCN(CC(C)(NC)C(=O)O)CC1. The molecule has 1 heterocycles. The lowest BCUT2D eigenvalue weighted by molar-refractivity contribution is -0.144. The molecule has 1 saturated heterocycles. The molecule has 16 heavy (non-hydrogen) atoms. The van der Waals surface area contributed by atoms with Crippen LogP contribution in [-0.2, 0) is 4.79 Å². The van der Waals surface area contributed by atoms with E-state index >= 15 is 0 Å². The van der Waals surface area contributed by atoms with Crippen molar-refractivity contribution in [2.75, 3.05) is 26.7 Å². The Hall–Kier alpha value is -0.610. The van der Waals surface area contributed by atoms with E-state index in [1.165, 1.54) is 19.3 Å². The van der Waals surface area contributed by atoms with Crippen LogP contribution in [0.5, 0.6) is 0 Å². The molecule has 1 rings (SSSR count). The third-order valence-corrected chi connectivity index (χ3v) is 3.85. The number of likely N-dealkylation sites (tertiary alicyclic amines) is 1. The molecule has 4 nitrogen and oxygen atoms in total. The van der Waals surface area contributed by atoms with Gasteiger partial charge in [-0.05, 0) is 45.8 Å². The molecule has 0 saturated carbocycles. The lowest BCUT2D eigenvalue weighted by Crippen LogP contribution is -2.56. The van der Waals surface area contributed by atoms with Crippen LogP contribution in [0.1, 0.15) is 33.1 Å². The van der Waals surface area contributed by atoms with Crippen molar-refractivity contribution in [3.63, 3.8) is 0 Å². The molecule has 0 spiro atoms. The molecule has 0 aromatic rings. The third-order valence-electron chi connectivity index (χ3n) is 3.85. The summed E-state index contributed by atoms with van der Waals surface area (Å²) in [6, 6.07) is 0. The molecule has 0 amide bonds. The number of rotatable bonds is 5. The Bertz CT molecular complexity index is 237. The second-order valence-electron chi connectivity index (χ2n) is 5.02.